The first-order valence-corrected chi connectivity index (χ1v) is 10.6. The topological polar surface area (TPSA) is 77.5 Å². The van der Waals surface area contributed by atoms with Gasteiger partial charge in [-0.2, -0.15) is 0 Å². The van der Waals surface area contributed by atoms with Crippen molar-refractivity contribution in [2.75, 3.05) is 0 Å². The maximum absolute atomic E-state index is 11.4. The Balaban J connectivity index is 3.80. The number of hydrogen-bond acceptors (Lipinski definition) is 5. The fraction of sp³-hybridized carbons (Fsp3) is 0.385. The van der Waals surface area contributed by atoms with Crippen molar-refractivity contribution in [3.63, 3.8) is 0 Å². The first-order valence-electron chi connectivity index (χ1n) is 10.6. The Morgan fingerprint density at radius 2 is 1.00 bits per heavy atom. The van der Waals surface area contributed by atoms with Gasteiger partial charge >= 0.3 is 11.9 Å². The van der Waals surface area contributed by atoms with Crippen LogP contribution in [0.4, 0.5) is 0 Å². The highest BCUT2D eigenvalue weighted by atomic mass is 16.6. The SMILES string of the molecule is CC/C=C\C/C=C\C/C=C\C/C=C\C/C=C\C/C=C\CC(=O)OC(=O)C(=O)CC(C)=O. The average molecular weight is 427 g/mol. The predicted molar refractivity (Wildman–Crippen MR) is 124 cm³/mol. The first kappa shape index (κ1) is 27.9. The molecule has 0 fully saturated rings. The minimum absolute atomic E-state index is 0.107. The van der Waals surface area contributed by atoms with Crippen LogP contribution in [-0.2, 0) is 23.9 Å². The molecular formula is C26H34O5. The van der Waals surface area contributed by atoms with E-state index in [4.69, 9.17) is 0 Å². The van der Waals surface area contributed by atoms with Crippen LogP contribution >= 0.6 is 0 Å². The number of allylic oxidation sites excluding steroid dienone is 11. The van der Waals surface area contributed by atoms with Crippen molar-refractivity contribution in [3.8, 4) is 0 Å². The second kappa shape index (κ2) is 20.2. The van der Waals surface area contributed by atoms with Crippen LogP contribution in [0.3, 0.4) is 0 Å². The molecule has 0 amide bonds. The molecule has 0 aliphatic heterocycles. The van der Waals surface area contributed by atoms with Crippen LogP contribution in [0, 0.1) is 0 Å². The van der Waals surface area contributed by atoms with Crippen LogP contribution in [0.5, 0.6) is 0 Å². The van der Waals surface area contributed by atoms with Crippen molar-refractivity contribution in [3.05, 3.63) is 72.9 Å². The molecular weight excluding hydrogens is 392 g/mol. The predicted octanol–water partition coefficient (Wildman–Crippen LogP) is 5.69. The molecule has 31 heavy (non-hydrogen) atoms. The van der Waals surface area contributed by atoms with Gasteiger partial charge in [-0.15, -0.1) is 0 Å². The molecule has 168 valence electrons. The lowest BCUT2D eigenvalue weighted by atomic mass is 10.2. The van der Waals surface area contributed by atoms with Crippen molar-refractivity contribution in [1.29, 1.82) is 0 Å². The lowest BCUT2D eigenvalue weighted by Gasteiger charge is -1.98. The summed E-state index contributed by atoms with van der Waals surface area (Å²) in [6.45, 7) is 3.31. The summed E-state index contributed by atoms with van der Waals surface area (Å²) in [7, 11) is 0. The minimum atomic E-state index is -1.29. The van der Waals surface area contributed by atoms with E-state index in [2.05, 4.69) is 60.3 Å². The summed E-state index contributed by atoms with van der Waals surface area (Å²) in [5, 5.41) is 0. The Labute approximate surface area is 185 Å². The van der Waals surface area contributed by atoms with Gasteiger partial charge in [0.05, 0.1) is 12.8 Å². The normalized spacial score (nSPS) is 12.3. The zero-order valence-electron chi connectivity index (χ0n) is 18.6. The van der Waals surface area contributed by atoms with Gasteiger partial charge in [-0.3, -0.25) is 14.4 Å². The largest absolute Gasteiger partial charge is 0.387 e. The molecule has 5 nitrogen and oxygen atoms in total. The number of hydrogen-bond donors (Lipinski definition) is 0. The summed E-state index contributed by atoms with van der Waals surface area (Å²) in [6, 6.07) is 0. The Morgan fingerprint density at radius 1 is 0.613 bits per heavy atom. The zero-order chi connectivity index (χ0) is 23.2. The molecule has 0 unspecified atom stereocenters. The van der Waals surface area contributed by atoms with E-state index in [1.807, 2.05) is 12.2 Å². The highest BCUT2D eigenvalue weighted by molar-refractivity contribution is 6.38. The number of ether oxygens (including phenoxy) is 1. The fourth-order valence-electron chi connectivity index (χ4n) is 2.20. The highest BCUT2D eigenvalue weighted by Crippen LogP contribution is 1.98. The molecule has 0 aliphatic rings. The van der Waals surface area contributed by atoms with Gasteiger partial charge in [-0.1, -0.05) is 79.8 Å². The third-order valence-electron chi connectivity index (χ3n) is 3.72. The van der Waals surface area contributed by atoms with Crippen LogP contribution < -0.4 is 0 Å². The average Bonchev–Trinajstić information content (AvgIpc) is 2.72. The second-order valence-corrected chi connectivity index (χ2v) is 6.68. The van der Waals surface area contributed by atoms with Gasteiger partial charge in [0.15, 0.2) is 0 Å². The molecule has 0 saturated carbocycles. The Morgan fingerprint density at radius 3 is 1.39 bits per heavy atom. The van der Waals surface area contributed by atoms with E-state index in [9.17, 15) is 19.2 Å². The quantitative estimate of drug-likeness (QED) is 0.137. The van der Waals surface area contributed by atoms with Crippen molar-refractivity contribution in [2.45, 2.75) is 65.2 Å². The fourth-order valence-corrected chi connectivity index (χ4v) is 2.20. The molecule has 0 aromatic rings. The minimum Gasteiger partial charge on any atom is -0.387 e. The Bertz CT molecular complexity index is 733. The first-order chi connectivity index (χ1) is 15.0. The summed E-state index contributed by atoms with van der Waals surface area (Å²) in [5.41, 5.74) is 0. The van der Waals surface area contributed by atoms with Gasteiger partial charge in [0.25, 0.3) is 0 Å². The summed E-state index contributed by atoms with van der Waals surface area (Å²) >= 11 is 0. The number of Topliss-reactive ketones (excluding diaryl/α,β-unsaturated/α-hetero) is 2. The highest BCUT2D eigenvalue weighted by Gasteiger charge is 2.19. The molecule has 0 bridgehead atoms. The second-order valence-electron chi connectivity index (χ2n) is 6.68. The number of ketones is 2. The number of rotatable bonds is 16. The summed E-state index contributed by atoms with van der Waals surface area (Å²) < 4.78 is 4.38. The molecule has 0 heterocycles. The van der Waals surface area contributed by atoms with Gasteiger partial charge in [-0.05, 0) is 45.4 Å². The maximum Gasteiger partial charge on any atom is 0.382 e. The molecule has 0 radical (unpaired) electrons. The van der Waals surface area contributed by atoms with Crippen LogP contribution in [0.25, 0.3) is 0 Å². The van der Waals surface area contributed by atoms with Gasteiger partial charge < -0.3 is 4.74 Å². The molecule has 0 spiro atoms. The van der Waals surface area contributed by atoms with Crippen LogP contribution in [0.1, 0.15) is 65.2 Å². The van der Waals surface area contributed by atoms with E-state index in [1.165, 1.54) is 6.92 Å². The smallest absolute Gasteiger partial charge is 0.382 e. The van der Waals surface area contributed by atoms with E-state index in [0.717, 1.165) is 32.1 Å². The van der Waals surface area contributed by atoms with E-state index >= 15 is 0 Å². The monoisotopic (exact) mass is 426 g/mol. The third kappa shape index (κ3) is 20.0. The number of carbonyl (C=O) groups is 4. The van der Waals surface area contributed by atoms with E-state index in [1.54, 1.807) is 12.2 Å². The maximum atomic E-state index is 11.4. The van der Waals surface area contributed by atoms with Crippen LogP contribution in [0.15, 0.2) is 72.9 Å². The molecule has 5 heteroatoms. The van der Waals surface area contributed by atoms with Gasteiger partial charge in [-0.25, -0.2) is 4.79 Å². The Hall–Kier alpha value is -3.08. The summed E-state index contributed by atoms with van der Waals surface area (Å²) in [4.78, 5) is 44.7. The van der Waals surface area contributed by atoms with Crippen molar-refractivity contribution >= 4 is 23.5 Å². The van der Waals surface area contributed by atoms with Gasteiger partial charge in [0.1, 0.15) is 5.78 Å². The molecule has 0 aromatic carbocycles. The van der Waals surface area contributed by atoms with Crippen molar-refractivity contribution < 1.29 is 23.9 Å². The molecule has 0 saturated heterocycles. The zero-order valence-corrected chi connectivity index (χ0v) is 18.6. The molecule has 0 N–H and O–H groups in total. The van der Waals surface area contributed by atoms with Gasteiger partial charge in [0.2, 0.25) is 5.78 Å². The van der Waals surface area contributed by atoms with Crippen molar-refractivity contribution in [1.82, 2.24) is 0 Å². The van der Waals surface area contributed by atoms with Crippen LogP contribution in [-0.4, -0.2) is 23.5 Å². The third-order valence-corrected chi connectivity index (χ3v) is 3.72. The Kier molecular flexibility index (Phi) is 18.2. The molecule has 0 aromatic heterocycles. The summed E-state index contributed by atoms with van der Waals surface area (Å²) in [6.07, 6.45) is 29.3. The lowest BCUT2D eigenvalue weighted by Crippen LogP contribution is -2.22. The number of carbonyl (C=O) groups excluding carboxylic acids is 4. The van der Waals surface area contributed by atoms with E-state index in [-0.39, 0.29) is 6.42 Å². The van der Waals surface area contributed by atoms with E-state index < -0.39 is 29.9 Å². The molecule has 0 atom stereocenters. The van der Waals surface area contributed by atoms with E-state index in [0.29, 0.717) is 6.42 Å². The summed E-state index contributed by atoms with van der Waals surface area (Å²) in [5.74, 6) is -3.57. The van der Waals surface area contributed by atoms with Gasteiger partial charge in [0, 0.05) is 0 Å². The van der Waals surface area contributed by atoms with Crippen LogP contribution in [0.2, 0.25) is 0 Å². The van der Waals surface area contributed by atoms with Crippen molar-refractivity contribution in [2.24, 2.45) is 0 Å². The number of esters is 2. The molecule has 0 aliphatic carbocycles. The lowest BCUT2D eigenvalue weighted by molar-refractivity contribution is -0.164. The molecule has 0 rings (SSSR count). The standard InChI is InChI=1S/C26H34O5/c1-3-4-5-6-7-8-9-10-11-12-13-14-15-16-17-18-19-20-21-25(29)31-26(30)24(28)22-23(2)27/h4-5,7-8,10-11,13-14,16-17,19-20H,3,6,9,12,15,18,21-22H2,1-2H3/b5-4-,8-7-,11-10-,14-13-,17-16-,20-19-.